The first-order valence-electron chi connectivity index (χ1n) is 9.15. The lowest BCUT2D eigenvalue weighted by molar-refractivity contribution is 0.0979. The molecule has 0 aromatic heterocycles. The van der Waals surface area contributed by atoms with Gasteiger partial charge >= 0.3 is 0 Å². The third-order valence-electron chi connectivity index (χ3n) is 4.86. The van der Waals surface area contributed by atoms with Crippen molar-refractivity contribution in [2.24, 2.45) is 0 Å². The first-order chi connectivity index (χ1) is 14.5. The van der Waals surface area contributed by atoms with Crippen LogP contribution in [-0.2, 0) is 0 Å². The molecule has 0 aliphatic heterocycles. The number of fused-ring (bicyclic) bond motifs is 2. The van der Waals surface area contributed by atoms with Crippen molar-refractivity contribution in [2.75, 3.05) is 24.9 Å². The van der Waals surface area contributed by atoms with Gasteiger partial charge in [-0.15, -0.1) is 0 Å². The molecule has 0 fully saturated rings. The van der Waals surface area contributed by atoms with Crippen molar-refractivity contribution >= 4 is 40.3 Å². The van der Waals surface area contributed by atoms with Gasteiger partial charge in [-0.2, -0.15) is 0 Å². The van der Waals surface area contributed by atoms with E-state index in [0.717, 1.165) is 0 Å². The molecule has 3 aromatic rings. The zero-order chi connectivity index (χ0) is 21.3. The van der Waals surface area contributed by atoms with Gasteiger partial charge in [-0.25, -0.2) is 0 Å². The molecule has 0 saturated heterocycles. The molecule has 150 valence electrons. The molecule has 0 unspecified atom stereocenters. The summed E-state index contributed by atoms with van der Waals surface area (Å²) in [4.78, 5) is 26.0. The predicted molar refractivity (Wildman–Crippen MR) is 119 cm³/mol. The van der Waals surface area contributed by atoms with E-state index in [1.165, 1.54) is 0 Å². The molecular weight excluding hydrogens is 400 g/mol. The summed E-state index contributed by atoms with van der Waals surface area (Å²) in [6.45, 7) is 0. The average Bonchev–Trinajstić information content (AvgIpc) is 2.77. The summed E-state index contributed by atoms with van der Waals surface area (Å²) in [6.07, 6.45) is 0. The second kappa shape index (κ2) is 7.96. The lowest BCUT2D eigenvalue weighted by Crippen LogP contribution is -2.25. The van der Waals surface area contributed by atoms with Crippen LogP contribution in [-0.4, -0.2) is 30.9 Å². The Morgan fingerprint density at radius 3 is 2.13 bits per heavy atom. The molecule has 1 aliphatic rings. The number of benzene rings is 3. The molecule has 3 aromatic carbocycles. The van der Waals surface area contributed by atoms with Crippen molar-refractivity contribution < 1.29 is 19.1 Å². The maximum atomic E-state index is 13.1. The Kier molecular flexibility index (Phi) is 5.20. The van der Waals surface area contributed by atoms with Crippen molar-refractivity contribution in [2.45, 2.75) is 0 Å². The normalized spacial score (nSPS) is 11.9. The Morgan fingerprint density at radius 2 is 1.43 bits per heavy atom. The molecular formula is C23H18N2O4S. The molecule has 6 nitrogen and oxygen atoms in total. The van der Waals surface area contributed by atoms with Crippen LogP contribution in [0.4, 0.5) is 11.4 Å². The topological polar surface area (TPSA) is 76.7 Å². The highest BCUT2D eigenvalue weighted by Gasteiger charge is 2.31. The fourth-order valence-corrected chi connectivity index (χ4v) is 3.66. The standard InChI is InChI=1S/C23H18N2O4S/c1-28-13-10-11-19(29-2)18(12-13)25-23(30)24-17-9-5-8-16-20(17)22(27)15-7-4-3-6-14(15)21(16)26/h3-12H,1-2H3,(H2,24,25,30). The molecule has 0 radical (unpaired) electrons. The molecule has 0 spiro atoms. The summed E-state index contributed by atoms with van der Waals surface area (Å²) >= 11 is 5.44. The minimum atomic E-state index is -0.218. The molecule has 7 heteroatoms. The van der Waals surface area contributed by atoms with E-state index in [2.05, 4.69) is 10.6 Å². The number of nitrogens with one attached hydrogen (secondary N) is 2. The van der Waals surface area contributed by atoms with Gasteiger partial charge in [-0.05, 0) is 30.4 Å². The summed E-state index contributed by atoms with van der Waals surface area (Å²) in [5, 5.41) is 6.34. The first kappa shape index (κ1) is 19.6. The predicted octanol–water partition coefficient (Wildman–Crippen LogP) is 4.29. The molecule has 0 heterocycles. The van der Waals surface area contributed by atoms with Gasteiger partial charge in [0.2, 0.25) is 0 Å². The number of rotatable bonds is 4. The monoisotopic (exact) mass is 418 g/mol. The Bertz CT molecular complexity index is 1190. The zero-order valence-electron chi connectivity index (χ0n) is 16.3. The number of methoxy groups -OCH3 is 2. The molecule has 0 bridgehead atoms. The molecule has 1 aliphatic carbocycles. The van der Waals surface area contributed by atoms with E-state index < -0.39 is 0 Å². The van der Waals surface area contributed by atoms with E-state index in [9.17, 15) is 9.59 Å². The second-order valence-corrected chi connectivity index (χ2v) is 6.99. The van der Waals surface area contributed by atoms with Crippen LogP contribution in [0, 0.1) is 0 Å². The van der Waals surface area contributed by atoms with Gasteiger partial charge in [-0.1, -0.05) is 36.4 Å². The number of carbonyl (C=O) groups excluding carboxylic acids is 2. The highest BCUT2D eigenvalue weighted by molar-refractivity contribution is 7.80. The van der Waals surface area contributed by atoms with Crippen molar-refractivity contribution in [1.29, 1.82) is 0 Å². The van der Waals surface area contributed by atoms with Gasteiger partial charge in [0.05, 0.1) is 31.2 Å². The van der Waals surface area contributed by atoms with Crippen molar-refractivity contribution in [3.8, 4) is 11.5 Å². The fraction of sp³-hybridized carbons (Fsp3) is 0.0870. The van der Waals surface area contributed by atoms with E-state index >= 15 is 0 Å². The molecule has 0 saturated carbocycles. The Balaban J connectivity index is 1.65. The highest BCUT2D eigenvalue weighted by atomic mass is 32.1. The Morgan fingerprint density at radius 1 is 0.767 bits per heavy atom. The Hall–Kier alpha value is -3.71. The smallest absolute Gasteiger partial charge is 0.196 e. The maximum Gasteiger partial charge on any atom is 0.196 e. The van der Waals surface area contributed by atoms with Crippen LogP contribution in [0.5, 0.6) is 11.5 Å². The maximum absolute atomic E-state index is 13.1. The summed E-state index contributed by atoms with van der Waals surface area (Å²) in [6, 6.07) is 17.2. The van der Waals surface area contributed by atoms with Crippen LogP contribution < -0.4 is 20.1 Å². The minimum absolute atomic E-state index is 0.183. The van der Waals surface area contributed by atoms with Gasteiger partial charge in [0.15, 0.2) is 16.7 Å². The third kappa shape index (κ3) is 3.40. The van der Waals surface area contributed by atoms with Crippen LogP contribution >= 0.6 is 12.2 Å². The van der Waals surface area contributed by atoms with Crippen LogP contribution in [0.2, 0.25) is 0 Å². The molecule has 0 atom stereocenters. The number of carbonyl (C=O) groups is 2. The number of ether oxygens (including phenoxy) is 2. The average molecular weight is 418 g/mol. The molecule has 30 heavy (non-hydrogen) atoms. The quantitative estimate of drug-likeness (QED) is 0.479. The summed E-state index contributed by atoms with van der Waals surface area (Å²) in [5.41, 5.74) is 2.52. The number of thiocarbonyl (C=S) groups is 1. The largest absolute Gasteiger partial charge is 0.497 e. The van der Waals surface area contributed by atoms with E-state index in [1.54, 1.807) is 74.9 Å². The highest BCUT2D eigenvalue weighted by Crippen LogP contribution is 2.33. The first-order valence-corrected chi connectivity index (χ1v) is 9.55. The Labute approximate surface area is 178 Å². The van der Waals surface area contributed by atoms with Crippen LogP contribution in [0.3, 0.4) is 0 Å². The SMILES string of the molecule is COc1ccc(OC)c(NC(=S)Nc2cccc3c2C(=O)c2ccccc2C3=O)c1. The lowest BCUT2D eigenvalue weighted by atomic mass is 9.83. The molecule has 2 N–H and O–H groups in total. The second-order valence-electron chi connectivity index (χ2n) is 6.58. The summed E-state index contributed by atoms with van der Waals surface area (Å²) < 4.78 is 10.6. The lowest BCUT2D eigenvalue weighted by Gasteiger charge is -2.21. The van der Waals surface area contributed by atoms with Gasteiger partial charge < -0.3 is 20.1 Å². The number of hydrogen-bond donors (Lipinski definition) is 2. The van der Waals surface area contributed by atoms with Crippen molar-refractivity contribution in [3.05, 3.63) is 82.9 Å². The molecule has 0 amide bonds. The third-order valence-corrected chi connectivity index (χ3v) is 5.06. The van der Waals surface area contributed by atoms with Crippen molar-refractivity contribution in [3.63, 3.8) is 0 Å². The zero-order valence-corrected chi connectivity index (χ0v) is 17.1. The van der Waals surface area contributed by atoms with Gasteiger partial charge in [0, 0.05) is 22.8 Å². The number of hydrogen-bond acceptors (Lipinski definition) is 5. The van der Waals surface area contributed by atoms with Gasteiger partial charge in [0.25, 0.3) is 0 Å². The van der Waals surface area contributed by atoms with E-state index in [1.807, 2.05) is 0 Å². The summed E-state index contributed by atoms with van der Waals surface area (Å²) in [7, 11) is 3.12. The van der Waals surface area contributed by atoms with E-state index in [0.29, 0.717) is 45.1 Å². The van der Waals surface area contributed by atoms with Crippen LogP contribution in [0.25, 0.3) is 0 Å². The van der Waals surface area contributed by atoms with Gasteiger partial charge in [0.1, 0.15) is 11.5 Å². The van der Waals surface area contributed by atoms with E-state index in [-0.39, 0.29) is 16.7 Å². The van der Waals surface area contributed by atoms with E-state index in [4.69, 9.17) is 21.7 Å². The van der Waals surface area contributed by atoms with Gasteiger partial charge in [-0.3, -0.25) is 9.59 Å². The number of anilines is 2. The molecule has 4 rings (SSSR count). The summed E-state index contributed by atoms with van der Waals surface area (Å²) in [5.74, 6) is 0.813. The number of ketones is 2. The van der Waals surface area contributed by atoms with Crippen LogP contribution in [0.1, 0.15) is 31.8 Å². The van der Waals surface area contributed by atoms with Crippen LogP contribution in [0.15, 0.2) is 60.7 Å². The minimum Gasteiger partial charge on any atom is -0.497 e. The fourth-order valence-electron chi connectivity index (χ4n) is 3.44. The van der Waals surface area contributed by atoms with Crippen molar-refractivity contribution in [1.82, 2.24) is 0 Å².